The van der Waals surface area contributed by atoms with E-state index < -0.39 is 11.2 Å². The van der Waals surface area contributed by atoms with Crippen molar-refractivity contribution in [3.8, 4) is 11.3 Å². The van der Waals surface area contributed by atoms with Gasteiger partial charge in [0, 0.05) is 25.1 Å². The first-order valence-electron chi connectivity index (χ1n) is 12.7. The first-order chi connectivity index (χ1) is 18.9. The summed E-state index contributed by atoms with van der Waals surface area (Å²) < 4.78 is 16.1. The molecule has 4 heterocycles. The van der Waals surface area contributed by atoms with E-state index >= 15 is 0 Å². The summed E-state index contributed by atoms with van der Waals surface area (Å²) in [5, 5.41) is 22.7. The van der Waals surface area contributed by atoms with E-state index in [1.54, 1.807) is 23.2 Å². The number of imidazole rings is 1. The standard InChI is InChI=1S/C28H26FN7O3/c29-21-8-6-20(7-9-21)24-16-30-25-27(38)35(18-32-36(24)25)17-28(39)10-12-34(13-11-28)26(37)22-15-31-33-23(22)14-19-4-2-1-3-5-19/h1-9,15-16,18,39H,10-14,17H2,(H,31,33). The molecular weight excluding hydrogens is 501 g/mol. The van der Waals surface area contributed by atoms with Crippen LogP contribution in [0.4, 0.5) is 4.39 Å². The number of hydrogen-bond acceptors (Lipinski definition) is 6. The fourth-order valence-corrected chi connectivity index (χ4v) is 5.04. The Kier molecular flexibility index (Phi) is 6.27. The number of aromatic amines is 1. The van der Waals surface area contributed by atoms with Gasteiger partial charge in [0.15, 0.2) is 0 Å². The van der Waals surface area contributed by atoms with Crippen LogP contribution in [0.15, 0.2) is 78.1 Å². The van der Waals surface area contributed by atoms with Crippen LogP contribution in [0.25, 0.3) is 16.9 Å². The maximum atomic E-state index is 13.3. The minimum absolute atomic E-state index is 0.0288. The Bertz CT molecular complexity index is 1680. The number of hydrogen-bond donors (Lipinski definition) is 2. The Labute approximate surface area is 222 Å². The Morgan fingerprint density at radius 3 is 2.54 bits per heavy atom. The first kappa shape index (κ1) is 24.7. The molecule has 1 aliphatic heterocycles. The molecule has 0 radical (unpaired) electrons. The van der Waals surface area contributed by atoms with E-state index in [2.05, 4.69) is 20.3 Å². The number of aromatic nitrogens is 6. The average molecular weight is 528 g/mol. The number of H-pyrrole nitrogens is 1. The molecule has 1 amide bonds. The molecule has 0 atom stereocenters. The van der Waals surface area contributed by atoms with Gasteiger partial charge in [-0.05, 0) is 42.7 Å². The molecule has 198 valence electrons. The SMILES string of the molecule is O=C(c1cn[nH]c1Cc1ccccc1)N1CCC(O)(Cn2cnn3c(-c4ccc(F)cc4)cnc3c2=O)CC1. The molecule has 0 spiro atoms. The molecule has 11 heteroatoms. The van der Waals surface area contributed by atoms with Gasteiger partial charge in [0.05, 0.1) is 41.5 Å². The minimum atomic E-state index is -1.18. The van der Waals surface area contributed by atoms with E-state index in [4.69, 9.17) is 0 Å². The number of amides is 1. The summed E-state index contributed by atoms with van der Waals surface area (Å²) >= 11 is 0. The van der Waals surface area contributed by atoms with E-state index in [0.29, 0.717) is 49.2 Å². The van der Waals surface area contributed by atoms with E-state index in [-0.39, 0.29) is 23.9 Å². The third-order valence-electron chi connectivity index (χ3n) is 7.25. The highest BCUT2D eigenvalue weighted by molar-refractivity contribution is 5.95. The van der Waals surface area contributed by atoms with Gasteiger partial charge in [-0.1, -0.05) is 30.3 Å². The van der Waals surface area contributed by atoms with Crippen molar-refractivity contribution in [2.24, 2.45) is 0 Å². The highest BCUT2D eigenvalue weighted by Gasteiger charge is 2.36. The number of carbonyl (C=O) groups is 1. The van der Waals surface area contributed by atoms with Crippen molar-refractivity contribution in [3.63, 3.8) is 0 Å². The second-order valence-electron chi connectivity index (χ2n) is 9.89. The van der Waals surface area contributed by atoms with Crippen molar-refractivity contribution in [2.45, 2.75) is 31.4 Å². The van der Waals surface area contributed by atoms with E-state index in [9.17, 15) is 19.1 Å². The van der Waals surface area contributed by atoms with Crippen LogP contribution in [0, 0.1) is 5.82 Å². The van der Waals surface area contributed by atoms with Gasteiger partial charge in [0.25, 0.3) is 11.5 Å². The van der Waals surface area contributed by atoms with Crippen LogP contribution in [0.1, 0.15) is 34.5 Å². The van der Waals surface area contributed by atoms with Gasteiger partial charge in [0.2, 0.25) is 5.65 Å². The van der Waals surface area contributed by atoms with Gasteiger partial charge in [0.1, 0.15) is 12.1 Å². The Morgan fingerprint density at radius 1 is 1.05 bits per heavy atom. The van der Waals surface area contributed by atoms with Crippen LogP contribution in [0.3, 0.4) is 0 Å². The smallest absolute Gasteiger partial charge is 0.296 e. The van der Waals surface area contributed by atoms with Gasteiger partial charge >= 0.3 is 0 Å². The third kappa shape index (κ3) is 4.84. The van der Waals surface area contributed by atoms with Crippen molar-refractivity contribution in [3.05, 3.63) is 106 Å². The monoisotopic (exact) mass is 527 g/mol. The van der Waals surface area contributed by atoms with Crippen LogP contribution in [0.2, 0.25) is 0 Å². The topological polar surface area (TPSA) is 121 Å². The number of rotatable bonds is 6. The Balaban J connectivity index is 1.14. The first-order valence-corrected chi connectivity index (χ1v) is 12.7. The minimum Gasteiger partial charge on any atom is -0.388 e. The van der Waals surface area contributed by atoms with Crippen molar-refractivity contribution in [1.29, 1.82) is 0 Å². The number of carbonyl (C=O) groups excluding carboxylic acids is 1. The van der Waals surface area contributed by atoms with Gasteiger partial charge in [-0.15, -0.1) is 0 Å². The molecule has 0 saturated carbocycles. The van der Waals surface area contributed by atoms with Crippen LogP contribution in [-0.2, 0) is 13.0 Å². The molecule has 1 aliphatic rings. The molecule has 0 unspecified atom stereocenters. The molecule has 1 saturated heterocycles. The zero-order chi connectivity index (χ0) is 27.0. The molecule has 6 rings (SSSR count). The molecule has 10 nitrogen and oxygen atoms in total. The zero-order valence-electron chi connectivity index (χ0n) is 21.0. The summed E-state index contributed by atoms with van der Waals surface area (Å²) in [5.74, 6) is -0.496. The lowest BCUT2D eigenvalue weighted by atomic mass is 9.91. The summed E-state index contributed by atoms with van der Waals surface area (Å²) in [6, 6.07) is 15.7. The van der Waals surface area contributed by atoms with Crippen molar-refractivity contribution >= 4 is 11.6 Å². The number of fused-ring (bicyclic) bond motifs is 1. The Morgan fingerprint density at radius 2 is 1.79 bits per heavy atom. The number of piperidine rings is 1. The van der Waals surface area contributed by atoms with Crippen molar-refractivity contribution < 1.29 is 14.3 Å². The molecule has 0 bridgehead atoms. The van der Waals surface area contributed by atoms with Gasteiger partial charge in [-0.25, -0.2) is 13.9 Å². The lowest BCUT2D eigenvalue weighted by molar-refractivity contribution is -0.0300. The number of nitrogens with zero attached hydrogens (tertiary/aromatic N) is 6. The van der Waals surface area contributed by atoms with Gasteiger partial charge < -0.3 is 10.0 Å². The molecule has 1 fully saturated rings. The summed E-state index contributed by atoms with van der Waals surface area (Å²) in [7, 11) is 0. The molecular formula is C28H26FN7O3. The summed E-state index contributed by atoms with van der Waals surface area (Å²) in [6.45, 7) is 0.711. The third-order valence-corrected chi connectivity index (χ3v) is 7.25. The average Bonchev–Trinajstić information content (AvgIpc) is 3.59. The lowest BCUT2D eigenvalue weighted by Crippen LogP contribution is -2.49. The largest absolute Gasteiger partial charge is 0.388 e. The number of aliphatic hydroxyl groups is 1. The number of benzene rings is 2. The predicted molar refractivity (Wildman–Crippen MR) is 141 cm³/mol. The fraction of sp³-hybridized carbons (Fsp3) is 0.250. The van der Waals surface area contributed by atoms with E-state index in [1.807, 2.05) is 30.3 Å². The second-order valence-corrected chi connectivity index (χ2v) is 9.89. The van der Waals surface area contributed by atoms with E-state index in [0.717, 1.165) is 11.3 Å². The van der Waals surface area contributed by atoms with Crippen molar-refractivity contribution in [2.75, 3.05) is 13.1 Å². The van der Waals surface area contributed by atoms with E-state index in [1.165, 1.54) is 33.7 Å². The summed E-state index contributed by atoms with van der Waals surface area (Å²) in [6.07, 6.45) is 5.61. The fourth-order valence-electron chi connectivity index (χ4n) is 5.04. The summed E-state index contributed by atoms with van der Waals surface area (Å²) in [5.41, 5.74) is 2.11. The van der Waals surface area contributed by atoms with Crippen LogP contribution >= 0.6 is 0 Å². The second kappa shape index (κ2) is 9.91. The lowest BCUT2D eigenvalue weighted by Gasteiger charge is -2.38. The molecule has 3 aromatic heterocycles. The van der Waals surface area contributed by atoms with Crippen LogP contribution in [-0.4, -0.2) is 64.0 Å². The number of likely N-dealkylation sites (tertiary alicyclic amines) is 1. The highest BCUT2D eigenvalue weighted by Crippen LogP contribution is 2.26. The molecule has 2 aromatic carbocycles. The summed E-state index contributed by atoms with van der Waals surface area (Å²) in [4.78, 5) is 32.4. The number of halogens is 1. The quantitative estimate of drug-likeness (QED) is 0.350. The predicted octanol–water partition coefficient (Wildman–Crippen LogP) is 2.68. The van der Waals surface area contributed by atoms with Gasteiger partial charge in [-0.2, -0.15) is 10.2 Å². The molecule has 0 aliphatic carbocycles. The number of nitrogens with one attached hydrogen (secondary N) is 1. The Hall–Kier alpha value is -4.64. The molecule has 39 heavy (non-hydrogen) atoms. The molecule has 5 aromatic rings. The normalized spacial score (nSPS) is 15.1. The van der Waals surface area contributed by atoms with Gasteiger partial charge in [-0.3, -0.25) is 19.3 Å². The maximum absolute atomic E-state index is 13.3. The van der Waals surface area contributed by atoms with Crippen molar-refractivity contribution in [1.82, 2.24) is 34.3 Å². The highest BCUT2D eigenvalue weighted by atomic mass is 19.1. The van der Waals surface area contributed by atoms with Crippen LogP contribution in [0.5, 0.6) is 0 Å². The maximum Gasteiger partial charge on any atom is 0.296 e. The zero-order valence-corrected chi connectivity index (χ0v) is 21.0. The molecule has 2 N–H and O–H groups in total. The van der Waals surface area contributed by atoms with Crippen LogP contribution < -0.4 is 5.56 Å².